The summed E-state index contributed by atoms with van der Waals surface area (Å²) in [6.45, 7) is 4.40. The normalized spacial score (nSPS) is 17.2. The third kappa shape index (κ3) is 1.92. The minimum atomic E-state index is 0.696. The fourth-order valence-corrected chi connectivity index (χ4v) is 3.36. The molecule has 1 nitrogen and oxygen atoms in total. The molecule has 0 amide bonds. The predicted octanol–water partition coefficient (Wildman–Crippen LogP) is 4.90. The molecule has 1 aromatic carbocycles. The first-order chi connectivity index (χ1) is 8.77. The van der Waals surface area contributed by atoms with E-state index in [1.807, 2.05) is 0 Å². The second kappa shape index (κ2) is 4.72. The minimum absolute atomic E-state index is 0.696. The van der Waals surface area contributed by atoms with Crippen LogP contribution in [0, 0.1) is 13.8 Å². The molecule has 1 heteroatoms. The fourth-order valence-electron chi connectivity index (χ4n) is 3.36. The van der Waals surface area contributed by atoms with Crippen LogP contribution in [0.4, 0.5) is 0 Å². The van der Waals surface area contributed by atoms with Crippen molar-refractivity contribution in [2.75, 3.05) is 0 Å². The SMILES string of the molecule is Cc1nc(C2CCCCC2)c(C)c2ccccc12. The van der Waals surface area contributed by atoms with Gasteiger partial charge in [-0.3, -0.25) is 4.98 Å². The van der Waals surface area contributed by atoms with Gasteiger partial charge in [0.1, 0.15) is 0 Å². The van der Waals surface area contributed by atoms with Crippen LogP contribution >= 0.6 is 0 Å². The lowest BCUT2D eigenvalue weighted by Crippen LogP contribution is -2.09. The third-order valence-corrected chi connectivity index (χ3v) is 4.39. The monoisotopic (exact) mass is 239 g/mol. The summed E-state index contributed by atoms with van der Waals surface area (Å²) in [7, 11) is 0. The van der Waals surface area contributed by atoms with Gasteiger partial charge in [-0.25, -0.2) is 0 Å². The first-order valence-electron chi connectivity index (χ1n) is 7.13. The largest absolute Gasteiger partial charge is 0.257 e. The van der Waals surface area contributed by atoms with Crippen molar-refractivity contribution < 1.29 is 0 Å². The molecule has 18 heavy (non-hydrogen) atoms. The second-order valence-corrected chi connectivity index (χ2v) is 5.59. The number of aromatic nitrogens is 1. The number of nitrogens with zero attached hydrogens (tertiary/aromatic N) is 1. The van der Waals surface area contributed by atoms with E-state index in [0.29, 0.717) is 5.92 Å². The lowest BCUT2D eigenvalue weighted by Gasteiger charge is -2.24. The van der Waals surface area contributed by atoms with E-state index in [-0.39, 0.29) is 0 Å². The molecule has 0 spiro atoms. The second-order valence-electron chi connectivity index (χ2n) is 5.59. The van der Waals surface area contributed by atoms with Crippen molar-refractivity contribution in [2.24, 2.45) is 0 Å². The number of hydrogen-bond donors (Lipinski definition) is 0. The molecule has 94 valence electrons. The average Bonchev–Trinajstić information content (AvgIpc) is 2.44. The van der Waals surface area contributed by atoms with E-state index >= 15 is 0 Å². The van der Waals surface area contributed by atoms with E-state index in [2.05, 4.69) is 38.1 Å². The molecule has 1 aliphatic carbocycles. The molecule has 0 N–H and O–H groups in total. The Kier molecular flexibility index (Phi) is 3.07. The van der Waals surface area contributed by atoms with Crippen LogP contribution in [0.25, 0.3) is 10.8 Å². The molecule has 1 heterocycles. The summed E-state index contributed by atoms with van der Waals surface area (Å²) >= 11 is 0. The van der Waals surface area contributed by atoms with E-state index < -0.39 is 0 Å². The molecule has 3 rings (SSSR count). The van der Waals surface area contributed by atoms with Crippen LogP contribution in [0.1, 0.15) is 55.0 Å². The summed E-state index contributed by atoms with van der Waals surface area (Å²) in [6, 6.07) is 8.68. The Morgan fingerprint density at radius 2 is 1.61 bits per heavy atom. The van der Waals surface area contributed by atoms with Gasteiger partial charge in [-0.2, -0.15) is 0 Å². The molecule has 2 aromatic rings. The summed E-state index contributed by atoms with van der Waals surface area (Å²) < 4.78 is 0. The quantitative estimate of drug-likeness (QED) is 0.689. The molecule has 0 saturated heterocycles. The maximum Gasteiger partial charge on any atom is 0.0473 e. The average molecular weight is 239 g/mol. The van der Waals surface area contributed by atoms with Crippen LogP contribution in [0.5, 0.6) is 0 Å². The maximum atomic E-state index is 4.92. The van der Waals surface area contributed by atoms with Gasteiger partial charge < -0.3 is 0 Å². The highest BCUT2D eigenvalue weighted by Gasteiger charge is 2.20. The number of aryl methyl sites for hydroxylation is 2. The number of pyridine rings is 1. The van der Waals surface area contributed by atoms with Crippen LogP contribution < -0.4 is 0 Å². The zero-order valence-corrected chi connectivity index (χ0v) is 11.4. The Bertz CT molecular complexity index is 565. The molecule has 1 saturated carbocycles. The summed E-state index contributed by atoms with van der Waals surface area (Å²) in [4.78, 5) is 4.92. The first-order valence-corrected chi connectivity index (χ1v) is 7.13. The summed E-state index contributed by atoms with van der Waals surface area (Å²) in [6.07, 6.45) is 6.80. The Labute approximate surface area is 109 Å². The minimum Gasteiger partial charge on any atom is -0.257 e. The Hall–Kier alpha value is -1.37. The van der Waals surface area contributed by atoms with Crippen molar-refractivity contribution in [1.29, 1.82) is 0 Å². The molecule has 0 radical (unpaired) electrons. The van der Waals surface area contributed by atoms with Gasteiger partial charge in [0.2, 0.25) is 0 Å². The van der Waals surface area contributed by atoms with Crippen molar-refractivity contribution >= 4 is 10.8 Å². The smallest absolute Gasteiger partial charge is 0.0473 e. The Morgan fingerprint density at radius 3 is 2.33 bits per heavy atom. The Morgan fingerprint density at radius 1 is 0.944 bits per heavy atom. The highest BCUT2D eigenvalue weighted by molar-refractivity contribution is 5.87. The fraction of sp³-hybridized carbons (Fsp3) is 0.471. The van der Waals surface area contributed by atoms with Gasteiger partial charge >= 0.3 is 0 Å². The van der Waals surface area contributed by atoms with Crippen LogP contribution in [-0.4, -0.2) is 4.98 Å². The van der Waals surface area contributed by atoms with Crippen LogP contribution in [0.15, 0.2) is 24.3 Å². The molecule has 1 fully saturated rings. The van der Waals surface area contributed by atoms with E-state index in [1.165, 1.54) is 59.8 Å². The van der Waals surface area contributed by atoms with E-state index in [9.17, 15) is 0 Å². The molecule has 0 bridgehead atoms. The lowest BCUT2D eigenvalue weighted by atomic mass is 9.84. The van der Waals surface area contributed by atoms with Gasteiger partial charge in [0.05, 0.1) is 0 Å². The maximum absolute atomic E-state index is 4.92. The van der Waals surface area contributed by atoms with Gasteiger partial charge in [0.15, 0.2) is 0 Å². The predicted molar refractivity (Wildman–Crippen MR) is 77.0 cm³/mol. The van der Waals surface area contributed by atoms with Crippen LogP contribution in [0.3, 0.4) is 0 Å². The van der Waals surface area contributed by atoms with E-state index in [4.69, 9.17) is 4.98 Å². The van der Waals surface area contributed by atoms with Crippen molar-refractivity contribution in [3.8, 4) is 0 Å². The van der Waals surface area contributed by atoms with Gasteiger partial charge in [-0.1, -0.05) is 43.5 Å². The lowest BCUT2D eigenvalue weighted by molar-refractivity contribution is 0.435. The summed E-state index contributed by atoms with van der Waals surface area (Å²) in [5, 5.41) is 2.71. The van der Waals surface area contributed by atoms with Crippen molar-refractivity contribution in [3.05, 3.63) is 41.2 Å². The first kappa shape index (κ1) is 11.7. The van der Waals surface area contributed by atoms with Crippen LogP contribution in [0.2, 0.25) is 0 Å². The Balaban J connectivity index is 2.15. The summed E-state index contributed by atoms with van der Waals surface area (Å²) in [5.74, 6) is 0.696. The highest BCUT2D eigenvalue weighted by atomic mass is 14.7. The molecule has 0 atom stereocenters. The molecule has 0 aliphatic heterocycles. The summed E-state index contributed by atoms with van der Waals surface area (Å²) in [5.41, 5.74) is 3.96. The van der Waals surface area contributed by atoms with Gasteiger partial charge in [0, 0.05) is 22.7 Å². The van der Waals surface area contributed by atoms with E-state index in [1.54, 1.807) is 0 Å². The molecule has 1 aromatic heterocycles. The van der Waals surface area contributed by atoms with Crippen molar-refractivity contribution in [2.45, 2.75) is 51.9 Å². The number of hydrogen-bond acceptors (Lipinski definition) is 1. The molecule has 0 unspecified atom stereocenters. The molecular weight excluding hydrogens is 218 g/mol. The third-order valence-electron chi connectivity index (χ3n) is 4.39. The highest BCUT2D eigenvalue weighted by Crippen LogP contribution is 2.35. The van der Waals surface area contributed by atoms with Crippen molar-refractivity contribution in [1.82, 2.24) is 4.98 Å². The molecule has 1 aliphatic rings. The topological polar surface area (TPSA) is 12.9 Å². The zero-order chi connectivity index (χ0) is 12.5. The van der Waals surface area contributed by atoms with Gasteiger partial charge in [-0.15, -0.1) is 0 Å². The zero-order valence-electron chi connectivity index (χ0n) is 11.4. The van der Waals surface area contributed by atoms with Crippen molar-refractivity contribution in [3.63, 3.8) is 0 Å². The number of rotatable bonds is 1. The van der Waals surface area contributed by atoms with E-state index in [0.717, 1.165) is 0 Å². The number of benzene rings is 1. The van der Waals surface area contributed by atoms with Gasteiger partial charge in [-0.05, 0) is 37.6 Å². The number of fused-ring (bicyclic) bond motifs is 1. The standard InChI is InChI=1S/C17H21N/c1-12-15-10-6-7-11-16(15)13(2)18-17(12)14-8-4-3-5-9-14/h6-7,10-11,14H,3-5,8-9H2,1-2H3. The van der Waals surface area contributed by atoms with Crippen LogP contribution in [-0.2, 0) is 0 Å². The van der Waals surface area contributed by atoms with Gasteiger partial charge in [0.25, 0.3) is 0 Å². The molecular formula is C17H21N.